The first-order chi connectivity index (χ1) is 20.4. The average molecular weight is 591 g/mol. The van der Waals surface area contributed by atoms with Gasteiger partial charge in [-0.3, -0.25) is 14.4 Å². The number of nitrogens with zero attached hydrogens (tertiary/aromatic N) is 3. The van der Waals surface area contributed by atoms with Crippen molar-refractivity contribution in [1.29, 1.82) is 0 Å². The van der Waals surface area contributed by atoms with Gasteiger partial charge in [-0.2, -0.15) is 5.10 Å². The topological polar surface area (TPSA) is 87.1 Å². The Kier molecular flexibility index (Phi) is 9.97. The van der Waals surface area contributed by atoms with E-state index in [9.17, 15) is 4.79 Å². The van der Waals surface area contributed by atoms with E-state index in [0.717, 1.165) is 16.9 Å². The lowest BCUT2D eigenvalue weighted by Crippen LogP contribution is -2.35. The third-order valence-electron chi connectivity index (χ3n) is 6.47. The number of para-hydroxylation sites is 2. The van der Waals surface area contributed by atoms with Crippen LogP contribution in [0.4, 0.5) is 5.69 Å². The highest BCUT2D eigenvalue weighted by molar-refractivity contribution is 6.31. The van der Waals surface area contributed by atoms with Gasteiger partial charge in [0.1, 0.15) is 12.4 Å². The molecular formula is C32H35ClN4O5. The molecule has 9 nitrogen and oxygen atoms in total. The summed E-state index contributed by atoms with van der Waals surface area (Å²) in [6.45, 7) is 7.00. The molecular weight excluding hydrogens is 556 g/mol. The van der Waals surface area contributed by atoms with Crippen molar-refractivity contribution >= 4 is 23.2 Å². The number of ether oxygens (including phenoxy) is 4. The zero-order valence-corrected chi connectivity index (χ0v) is 24.5. The number of carbonyl (C=O) groups is 1. The van der Waals surface area contributed by atoms with Gasteiger partial charge >= 0.3 is 0 Å². The Hall–Kier alpha value is -4.05. The number of benzene rings is 3. The van der Waals surface area contributed by atoms with E-state index >= 15 is 0 Å². The molecule has 1 aliphatic heterocycles. The van der Waals surface area contributed by atoms with Gasteiger partial charge in [0.2, 0.25) is 5.91 Å². The Morgan fingerprint density at radius 1 is 0.976 bits per heavy atom. The summed E-state index contributed by atoms with van der Waals surface area (Å²) < 4.78 is 25.9. The molecule has 0 saturated heterocycles. The highest BCUT2D eigenvalue weighted by Gasteiger charge is 2.18. The van der Waals surface area contributed by atoms with Crippen molar-refractivity contribution in [2.75, 3.05) is 38.2 Å². The summed E-state index contributed by atoms with van der Waals surface area (Å²) in [5.74, 6) is 2.20. The van der Waals surface area contributed by atoms with Gasteiger partial charge < -0.3 is 24.3 Å². The van der Waals surface area contributed by atoms with Crippen LogP contribution in [0.5, 0.6) is 23.0 Å². The van der Waals surface area contributed by atoms with Crippen molar-refractivity contribution in [3.63, 3.8) is 0 Å². The molecule has 42 heavy (non-hydrogen) atoms. The number of nitrogens with one attached hydrogen (secondary N) is 1. The first kappa shape index (κ1) is 29.4. The molecule has 220 valence electrons. The van der Waals surface area contributed by atoms with E-state index in [0.29, 0.717) is 67.4 Å². The summed E-state index contributed by atoms with van der Waals surface area (Å²) in [4.78, 5) is 15.4. The minimum Gasteiger partial charge on any atom is -0.491 e. The van der Waals surface area contributed by atoms with Gasteiger partial charge in [-0.25, -0.2) is 0 Å². The molecule has 0 unspecified atom stereocenters. The van der Waals surface area contributed by atoms with Gasteiger partial charge in [0, 0.05) is 36.1 Å². The van der Waals surface area contributed by atoms with Gasteiger partial charge in [-0.05, 0) is 67.9 Å². The smallest absolute Gasteiger partial charge is 0.238 e. The second kappa shape index (κ2) is 14.2. The van der Waals surface area contributed by atoms with Crippen LogP contribution in [0, 0.1) is 0 Å². The fourth-order valence-electron chi connectivity index (χ4n) is 4.62. The highest BCUT2D eigenvalue weighted by Crippen LogP contribution is 2.36. The number of hydrogen-bond acceptors (Lipinski definition) is 7. The molecule has 0 fully saturated rings. The third kappa shape index (κ3) is 8.25. The lowest BCUT2D eigenvalue weighted by atomic mass is 10.1. The van der Waals surface area contributed by atoms with Crippen molar-refractivity contribution in [2.45, 2.75) is 33.0 Å². The average Bonchev–Trinajstić information content (AvgIpc) is 3.46. The van der Waals surface area contributed by atoms with E-state index in [2.05, 4.69) is 16.5 Å². The van der Waals surface area contributed by atoms with Crippen LogP contribution in [0.3, 0.4) is 0 Å². The first-order valence-corrected chi connectivity index (χ1v) is 14.4. The summed E-state index contributed by atoms with van der Waals surface area (Å²) in [6.07, 6.45) is 3.72. The van der Waals surface area contributed by atoms with E-state index in [4.69, 9.17) is 30.5 Å². The van der Waals surface area contributed by atoms with Crippen LogP contribution in [0.1, 0.15) is 25.0 Å². The molecule has 10 heteroatoms. The van der Waals surface area contributed by atoms with Gasteiger partial charge in [-0.15, -0.1) is 0 Å². The van der Waals surface area contributed by atoms with E-state index in [1.807, 2.05) is 72.1 Å². The summed E-state index contributed by atoms with van der Waals surface area (Å²) in [5.41, 5.74) is 2.54. The van der Waals surface area contributed by atoms with Crippen LogP contribution in [0.15, 0.2) is 79.1 Å². The molecule has 4 aromatic rings. The van der Waals surface area contributed by atoms with E-state index in [1.54, 1.807) is 24.4 Å². The lowest BCUT2D eigenvalue weighted by molar-refractivity contribution is -0.117. The summed E-state index contributed by atoms with van der Waals surface area (Å²) >= 11 is 6.29. The molecule has 1 aromatic heterocycles. The third-order valence-corrected chi connectivity index (χ3v) is 6.71. The Labute approximate surface area is 250 Å². The minimum atomic E-state index is -0.196. The molecule has 0 bridgehead atoms. The summed E-state index contributed by atoms with van der Waals surface area (Å²) in [5, 5.41) is 7.83. The second-order valence-electron chi connectivity index (χ2n) is 10.2. The largest absolute Gasteiger partial charge is 0.491 e. The Morgan fingerprint density at radius 2 is 1.83 bits per heavy atom. The molecule has 1 aliphatic rings. The molecule has 0 aliphatic carbocycles. The van der Waals surface area contributed by atoms with Crippen molar-refractivity contribution in [3.8, 4) is 23.0 Å². The van der Waals surface area contributed by atoms with E-state index < -0.39 is 0 Å². The number of amides is 1. The fraction of sp³-hybridized carbons (Fsp3) is 0.312. The number of hydrogen-bond donors (Lipinski definition) is 1. The van der Waals surface area contributed by atoms with Crippen LogP contribution in [0.25, 0.3) is 0 Å². The van der Waals surface area contributed by atoms with Crippen molar-refractivity contribution in [1.82, 2.24) is 14.7 Å². The predicted octanol–water partition coefficient (Wildman–Crippen LogP) is 6.01. The Balaban J connectivity index is 1.37. The normalized spacial score (nSPS) is 14.9. The number of rotatable bonds is 6. The predicted molar refractivity (Wildman–Crippen MR) is 162 cm³/mol. The van der Waals surface area contributed by atoms with Gasteiger partial charge in [0.25, 0.3) is 0 Å². The van der Waals surface area contributed by atoms with E-state index in [1.165, 1.54) is 0 Å². The molecule has 0 saturated carbocycles. The Bertz CT molecular complexity index is 1480. The van der Waals surface area contributed by atoms with Crippen LogP contribution in [0.2, 0.25) is 5.02 Å². The SMILES string of the molecule is CC(C)Oc1ccc(CN2CCOCCOc3ccccc3Oc3ccc(Cl)cc3NC(=O)C2)cc1Cn1cccn1. The number of aromatic nitrogens is 2. The fourth-order valence-corrected chi connectivity index (χ4v) is 4.80. The molecule has 0 atom stereocenters. The molecule has 3 aromatic carbocycles. The van der Waals surface area contributed by atoms with Gasteiger partial charge in [0.05, 0.1) is 38.1 Å². The maximum absolute atomic E-state index is 13.3. The molecule has 1 amide bonds. The molecule has 1 N–H and O–H groups in total. The van der Waals surface area contributed by atoms with Crippen LogP contribution in [-0.4, -0.2) is 59.6 Å². The van der Waals surface area contributed by atoms with Gasteiger partial charge in [-0.1, -0.05) is 29.8 Å². The maximum atomic E-state index is 13.3. The van der Waals surface area contributed by atoms with Crippen molar-refractivity contribution < 1.29 is 23.7 Å². The summed E-state index contributed by atoms with van der Waals surface area (Å²) in [6, 6.07) is 20.6. The van der Waals surface area contributed by atoms with Crippen LogP contribution in [-0.2, 0) is 22.6 Å². The zero-order chi connectivity index (χ0) is 29.3. The van der Waals surface area contributed by atoms with Gasteiger partial charge in [0.15, 0.2) is 17.2 Å². The quantitative estimate of drug-likeness (QED) is 0.294. The summed E-state index contributed by atoms with van der Waals surface area (Å²) in [7, 11) is 0. The zero-order valence-electron chi connectivity index (χ0n) is 23.8. The number of halogens is 1. The number of fused-ring (bicyclic) bond motifs is 2. The van der Waals surface area contributed by atoms with Crippen molar-refractivity contribution in [3.05, 3.63) is 95.3 Å². The second-order valence-corrected chi connectivity index (χ2v) is 10.7. The minimum absolute atomic E-state index is 0.0396. The number of carbonyl (C=O) groups excluding carboxylic acids is 1. The van der Waals surface area contributed by atoms with Crippen LogP contribution >= 0.6 is 11.6 Å². The molecule has 0 radical (unpaired) electrons. The monoisotopic (exact) mass is 590 g/mol. The lowest BCUT2D eigenvalue weighted by Gasteiger charge is -2.23. The molecule has 2 heterocycles. The number of anilines is 1. The van der Waals surface area contributed by atoms with E-state index in [-0.39, 0.29) is 18.6 Å². The van der Waals surface area contributed by atoms with Crippen LogP contribution < -0.4 is 19.5 Å². The maximum Gasteiger partial charge on any atom is 0.238 e. The Morgan fingerprint density at radius 3 is 2.64 bits per heavy atom. The highest BCUT2D eigenvalue weighted by atomic mass is 35.5. The molecule has 5 rings (SSSR count). The first-order valence-electron chi connectivity index (χ1n) is 14.0. The van der Waals surface area contributed by atoms with Crippen molar-refractivity contribution in [2.24, 2.45) is 0 Å². The standard InChI is InChI=1S/C32H35ClN4O5/c1-23(2)41-28-10-8-24(18-25(28)21-37-13-5-12-34-37)20-36-14-15-39-16-17-40-30-6-3-4-7-31(30)42-29-11-9-26(33)19-27(29)35-32(38)22-36/h3-13,18-19,23H,14-17,20-22H2,1-2H3,(H,35,38). The molecule has 0 spiro atoms.